The number of hydrogen-bond acceptors (Lipinski definition) is 2. The fourth-order valence-electron chi connectivity index (χ4n) is 1.67. The maximum atomic E-state index is 11.4. The molecule has 0 saturated carbocycles. The number of rotatable bonds is 4. The van der Waals surface area contributed by atoms with Crippen LogP contribution in [0.25, 0.3) is 0 Å². The molecule has 2 nitrogen and oxygen atoms in total. The van der Waals surface area contributed by atoms with Crippen molar-refractivity contribution in [2.24, 2.45) is 0 Å². The molecule has 0 fully saturated rings. The number of ketones is 1. The molecule has 0 aromatic heterocycles. The molecule has 0 aliphatic carbocycles. The third kappa shape index (κ3) is 2.63. The van der Waals surface area contributed by atoms with E-state index in [-0.39, 0.29) is 11.7 Å². The van der Waals surface area contributed by atoms with Crippen LogP contribution in [0.4, 0.5) is 0 Å². The van der Waals surface area contributed by atoms with Crippen molar-refractivity contribution < 1.29 is 9.53 Å². The van der Waals surface area contributed by atoms with Crippen LogP contribution >= 0.6 is 0 Å². The first-order valence-corrected chi connectivity index (χ1v) is 5.65. The van der Waals surface area contributed by atoms with E-state index >= 15 is 0 Å². The molecule has 1 aromatic carbocycles. The molecule has 0 spiro atoms. The van der Waals surface area contributed by atoms with Gasteiger partial charge in [0.1, 0.15) is 11.5 Å². The van der Waals surface area contributed by atoms with Crippen LogP contribution in [0.3, 0.4) is 0 Å². The number of carbonyl (C=O) groups excluding carboxylic acids is 1. The summed E-state index contributed by atoms with van der Waals surface area (Å²) in [6.07, 6.45) is 0. The summed E-state index contributed by atoms with van der Waals surface area (Å²) in [6, 6.07) is 6.08. The molecule has 0 saturated heterocycles. The Morgan fingerprint density at radius 3 is 2.31 bits per heavy atom. The zero-order chi connectivity index (χ0) is 12.3. The lowest BCUT2D eigenvalue weighted by molar-refractivity contribution is -0.118. The van der Waals surface area contributed by atoms with Gasteiger partial charge >= 0.3 is 0 Å². The Kier molecular flexibility index (Phi) is 4.11. The fraction of sp³-hybridized carbons (Fsp3) is 0.500. The average Bonchev–Trinajstić information content (AvgIpc) is 2.26. The van der Waals surface area contributed by atoms with E-state index in [2.05, 4.69) is 26.0 Å². The topological polar surface area (TPSA) is 26.3 Å². The van der Waals surface area contributed by atoms with Crippen LogP contribution in [0.2, 0.25) is 0 Å². The number of ether oxygens (including phenoxy) is 1. The summed E-state index contributed by atoms with van der Waals surface area (Å²) < 4.78 is 5.30. The van der Waals surface area contributed by atoms with E-state index in [0.717, 1.165) is 11.3 Å². The number of methoxy groups -OCH3 is 1. The highest BCUT2D eigenvalue weighted by atomic mass is 16.5. The highest BCUT2D eigenvalue weighted by Crippen LogP contribution is 2.30. The summed E-state index contributed by atoms with van der Waals surface area (Å²) in [7, 11) is 1.64. The van der Waals surface area contributed by atoms with Crippen molar-refractivity contribution in [2.75, 3.05) is 7.11 Å². The van der Waals surface area contributed by atoms with E-state index in [4.69, 9.17) is 4.74 Å². The highest BCUT2D eigenvalue weighted by molar-refractivity contribution is 5.83. The molecule has 0 bridgehead atoms. The van der Waals surface area contributed by atoms with Gasteiger partial charge in [0.2, 0.25) is 0 Å². The predicted octanol–water partition coefficient (Wildman–Crippen LogP) is 3.51. The van der Waals surface area contributed by atoms with Crippen molar-refractivity contribution in [2.45, 2.75) is 39.5 Å². The van der Waals surface area contributed by atoms with Crippen molar-refractivity contribution in [3.05, 3.63) is 29.3 Å². The Hall–Kier alpha value is -1.31. The highest BCUT2D eigenvalue weighted by Gasteiger charge is 2.16. The lowest BCUT2D eigenvalue weighted by atomic mass is 9.92. The third-order valence-electron chi connectivity index (χ3n) is 3.00. The van der Waals surface area contributed by atoms with Crippen molar-refractivity contribution in [3.63, 3.8) is 0 Å². The molecule has 1 rings (SSSR count). The fourth-order valence-corrected chi connectivity index (χ4v) is 1.67. The number of carbonyl (C=O) groups is 1. The smallest absolute Gasteiger partial charge is 0.137 e. The minimum atomic E-state index is -0.103. The van der Waals surface area contributed by atoms with E-state index in [1.807, 2.05) is 13.0 Å². The second-order valence-corrected chi connectivity index (χ2v) is 4.49. The van der Waals surface area contributed by atoms with Crippen molar-refractivity contribution in [3.8, 4) is 5.75 Å². The zero-order valence-corrected chi connectivity index (χ0v) is 10.7. The lowest BCUT2D eigenvalue weighted by Gasteiger charge is -2.16. The maximum absolute atomic E-state index is 11.4. The van der Waals surface area contributed by atoms with Crippen LogP contribution in [0.1, 0.15) is 50.7 Å². The first-order chi connectivity index (χ1) is 7.47. The minimum absolute atomic E-state index is 0.103. The van der Waals surface area contributed by atoms with Gasteiger partial charge in [-0.2, -0.15) is 0 Å². The van der Waals surface area contributed by atoms with Gasteiger partial charge in [-0.25, -0.2) is 0 Å². The predicted molar refractivity (Wildman–Crippen MR) is 66.2 cm³/mol. The average molecular weight is 220 g/mol. The molecular weight excluding hydrogens is 200 g/mol. The molecule has 2 heteroatoms. The van der Waals surface area contributed by atoms with Gasteiger partial charge in [-0.1, -0.05) is 32.9 Å². The van der Waals surface area contributed by atoms with Crippen LogP contribution in [0.5, 0.6) is 5.75 Å². The van der Waals surface area contributed by atoms with Gasteiger partial charge in [0.15, 0.2) is 0 Å². The maximum Gasteiger partial charge on any atom is 0.137 e. The van der Waals surface area contributed by atoms with Gasteiger partial charge in [0.05, 0.1) is 7.11 Å². The molecule has 0 aliphatic heterocycles. The van der Waals surface area contributed by atoms with Gasteiger partial charge in [-0.05, 0) is 24.5 Å². The molecular formula is C14H20O2. The van der Waals surface area contributed by atoms with Crippen LogP contribution in [0, 0.1) is 0 Å². The lowest BCUT2D eigenvalue weighted by Crippen LogP contribution is -2.07. The quantitative estimate of drug-likeness (QED) is 0.776. The third-order valence-corrected chi connectivity index (χ3v) is 3.00. The Balaban J connectivity index is 3.21. The van der Waals surface area contributed by atoms with Crippen LogP contribution in [-0.4, -0.2) is 12.9 Å². The van der Waals surface area contributed by atoms with Crippen molar-refractivity contribution in [1.29, 1.82) is 0 Å². The summed E-state index contributed by atoms with van der Waals surface area (Å²) in [4.78, 5) is 11.4. The Morgan fingerprint density at radius 1 is 1.25 bits per heavy atom. The van der Waals surface area contributed by atoms with E-state index in [9.17, 15) is 4.79 Å². The molecule has 0 radical (unpaired) electrons. The van der Waals surface area contributed by atoms with Crippen LogP contribution < -0.4 is 4.74 Å². The summed E-state index contributed by atoms with van der Waals surface area (Å²) in [5.74, 6) is 1.32. The monoisotopic (exact) mass is 220 g/mol. The molecule has 0 heterocycles. The minimum Gasteiger partial charge on any atom is -0.496 e. The van der Waals surface area contributed by atoms with Gasteiger partial charge in [-0.15, -0.1) is 0 Å². The van der Waals surface area contributed by atoms with E-state index in [1.165, 1.54) is 5.56 Å². The van der Waals surface area contributed by atoms with Gasteiger partial charge < -0.3 is 4.74 Å². The Bertz CT molecular complexity index is 380. The first-order valence-electron chi connectivity index (χ1n) is 5.65. The van der Waals surface area contributed by atoms with Gasteiger partial charge in [0.25, 0.3) is 0 Å². The molecule has 1 atom stereocenters. The zero-order valence-electron chi connectivity index (χ0n) is 10.7. The second-order valence-electron chi connectivity index (χ2n) is 4.49. The molecule has 88 valence electrons. The number of Topliss-reactive ketones (excluding diaryl/α,β-unsaturated/α-hetero) is 1. The normalized spacial score (nSPS) is 12.6. The number of hydrogen-bond donors (Lipinski definition) is 0. The Morgan fingerprint density at radius 2 is 1.88 bits per heavy atom. The van der Waals surface area contributed by atoms with E-state index in [1.54, 1.807) is 14.0 Å². The largest absolute Gasteiger partial charge is 0.496 e. The first kappa shape index (κ1) is 12.8. The summed E-state index contributed by atoms with van der Waals surface area (Å²) in [5.41, 5.74) is 2.23. The van der Waals surface area contributed by atoms with Crippen LogP contribution in [0.15, 0.2) is 18.2 Å². The molecule has 0 aliphatic rings. The Labute approximate surface area is 97.6 Å². The molecule has 1 aromatic rings. The van der Waals surface area contributed by atoms with Gasteiger partial charge in [0, 0.05) is 11.5 Å². The summed E-state index contributed by atoms with van der Waals surface area (Å²) >= 11 is 0. The molecule has 16 heavy (non-hydrogen) atoms. The summed E-state index contributed by atoms with van der Waals surface area (Å²) in [5, 5.41) is 0. The van der Waals surface area contributed by atoms with Crippen LogP contribution in [-0.2, 0) is 4.79 Å². The van der Waals surface area contributed by atoms with Crippen molar-refractivity contribution >= 4 is 5.78 Å². The van der Waals surface area contributed by atoms with E-state index < -0.39 is 0 Å². The summed E-state index contributed by atoms with van der Waals surface area (Å²) in [6.45, 7) is 7.82. The molecule has 0 amide bonds. The second kappa shape index (κ2) is 5.15. The van der Waals surface area contributed by atoms with Crippen molar-refractivity contribution in [1.82, 2.24) is 0 Å². The molecule has 0 N–H and O–H groups in total. The number of benzene rings is 1. The molecule has 1 unspecified atom stereocenters. The van der Waals surface area contributed by atoms with Gasteiger partial charge in [-0.3, -0.25) is 4.79 Å². The SMILES string of the molecule is COc1ccc(C(C)C)cc1C(C)C(C)=O. The van der Waals surface area contributed by atoms with E-state index in [0.29, 0.717) is 5.92 Å². The standard InChI is InChI=1S/C14H20O2/c1-9(2)12-6-7-14(16-5)13(8-12)10(3)11(4)15/h6-10H,1-5H3.